The highest BCUT2D eigenvalue weighted by atomic mass is 16.2. The molecule has 0 heterocycles. The topological polar surface area (TPSA) is 46.2 Å². The Hall–Kier alpha value is -2.42. The summed E-state index contributed by atoms with van der Waals surface area (Å²) >= 11 is 0. The number of rotatable bonds is 2. The van der Waals surface area contributed by atoms with Crippen LogP contribution in [0.3, 0.4) is 0 Å². The van der Waals surface area contributed by atoms with Crippen molar-refractivity contribution in [2.45, 2.75) is 19.8 Å². The van der Waals surface area contributed by atoms with Gasteiger partial charge in [0.25, 0.3) is 0 Å². The Bertz CT molecular complexity index is 704. The summed E-state index contributed by atoms with van der Waals surface area (Å²) in [6.45, 7) is 1.35. The van der Waals surface area contributed by atoms with Gasteiger partial charge in [-0.3, -0.25) is 14.9 Å². The van der Waals surface area contributed by atoms with Crippen LogP contribution in [0.4, 0.5) is 0 Å². The SMILES string of the molecule is CC(=O)NC(=O)Cc1cccc2c1Cc1ccccc1-2. The van der Waals surface area contributed by atoms with Crippen LogP contribution < -0.4 is 5.32 Å². The minimum absolute atomic E-state index is 0.247. The Morgan fingerprint density at radius 3 is 2.60 bits per heavy atom. The van der Waals surface area contributed by atoms with E-state index in [0.29, 0.717) is 0 Å². The average molecular weight is 265 g/mol. The molecule has 2 aromatic carbocycles. The summed E-state index contributed by atoms with van der Waals surface area (Å²) in [4.78, 5) is 22.7. The van der Waals surface area contributed by atoms with Crippen LogP contribution in [0.15, 0.2) is 42.5 Å². The zero-order valence-corrected chi connectivity index (χ0v) is 11.3. The minimum Gasteiger partial charge on any atom is -0.296 e. The molecule has 0 aliphatic heterocycles. The molecule has 0 atom stereocenters. The number of hydrogen-bond donors (Lipinski definition) is 1. The van der Waals surface area contributed by atoms with E-state index in [0.717, 1.165) is 12.0 Å². The Morgan fingerprint density at radius 1 is 1.05 bits per heavy atom. The predicted octanol–water partition coefficient (Wildman–Crippen LogP) is 2.46. The zero-order chi connectivity index (χ0) is 14.1. The van der Waals surface area contributed by atoms with Crippen LogP contribution in [0.2, 0.25) is 0 Å². The van der Waals surface area contributed by atoms with Crippen LogP contribution in [-0.4, -0.2) is 11.8 Å². The van der Waals surface area contributed by atoms with E-state index in [-0.39, 0.29) is 18.2 Å². The van der Waals surface area contributed by atoms with Crippen molar-refractivity contribution in [3.05, 3.63) is 59.2 Å². The number of amides is 2. The lowest BCUT2D eigenvalue weighted by atomic mass is 9.99. The van der Waals surface area contributed by atoms with E-state index in [1.807, 2.05) is 24.3 Å². The Kier molecular flexibility index (Phi) is 3.11. The summed E-state index contributed by atoms with van der Waals surface area (Å²) in [5, 5.41) is 2.33. The molecule has 0 spiro atoms. The first-order chi connectivity index (χ1) is 9.65. The molecule has 3 rings (SSSR count). The Morgan fingerprint density at radius 2 is 1.80 bits per heavy atom. The summed E-state index contributed by atoms with van der Waals surface area (Å²) in [5.74, 6) is -0.562. The minimum atomic E-state index is -0.314. The monoisotopic (exact) mass is 265 g/mol. The highest BCUT2D eigenvalue weighted by Gasteiger charge is 2.21. The lowest BCUT2D eigenvalue weighted by Crippen LogP contribution is -2.29. The molecule has 3 nitrogen and oxygen atoms in total. The van der Waals surface area contributed by atoms with E-state index >= 15 is 0 Å². The summed E-state index contributed by atoms with van der Waals surface area (Å²) in [6, 6.07) is 14.3. The third-order valence-corrected chi connectivity index (χ3v) is 3.61. The van der Waals surface area contributed by atoms with E-state index in [1.165, 1.54) is 29.2 Å². The molecule has 3 heteroatoms. The summed E-state index contributed by atoms with van der Waals surface area (Å²) in [7, 11) is 0. The van der Waals surface area contributed by atoms with Gasteiger partial charge in [0.2, 0.25) is 11.8 Å². The maximum Gasteiger partial charge on any atom is 0.230 e. The molecule has 1 aliphatic rings. The molecular weight excluding hydrogens is 250 g/mol. The summed E-state index contributed by atoms with van der Waals surface area (Å²) in [6.07, 6.45) is 1.10. The molecule has 1 aliphatic carbocycles. The van der Waals surface area contributed by atoms with E-state index in [9.17, 15) is 9.59 Å². The standard InChI is InChI=1S/C17H15NO2/c1-11(19)18-17(20)10-13-6-4-8-15-14-7-3-2-5-12(14)9-16(13)15/h2-8H,9-10H2,1H3,(H,18,19,20). The first-order valence-electron chi connectivity index (χ1n) is 6.64. The predicted molar refractivity (Wildman–Crippen MR) is 77.2 cm³/mol. The molecule has 0 unspecified atom stereocenters. The molecule has 2 aromatic rings. The van der Waals surface area contributed by atoms with E-state index < -0.39 is 0 Å². The molecule has 0 radical (unpaired) electrons. The first kappa shape index (κ1) is 12.6. The van der Waals surface area contributed by atoms with Gasteiger partial charge in [-0.2, -0.15) is 0 Å². The van der Waals surface area contributed by atoms with Crippen molar-refractivity contribution in [2.24, 2.45) is 0 Å². The normalized spacial score (nSPS) is 11.7. The number of hydrogen-bond acceptors (Lipinski definition) is 2. The fraction of sp³-hybridized carbons (Fsp3) is 0.176. The molecule has 1 N–H and O–H groups in total. The van der Waals surface area contributed by atoms with E-state index in [2.05, 4.69) is 23.5 Å². The average Bonchev–Trinajstić information content (AvgIpc) is 2.78. The van der Waals surface area contributed by atoms with Gasteiger partial charge in [-0.15, -0.1) is 0 Å². The number of fused-ring (bicyclic) bond motifs is 3. The van der Waals surface area contributed by atoms with Crippen molar-refractivity contribution in [2.75, 3.05) is 0 Å². The number of benzene rings is 2. The molecule has 0 bridgehead atoms. The van der Waals surface area contributed by atoms with Gasteiger partial charge in [0, 0.05) is 6.92 Å². The fourth-order valence-electron chi connectivity index (χ4n) is 2.80. The van der Waals surface area contributed by atoms with Crippen molar-refractivity contribution >= 4 is 11.8 Å². The van der Waals surface area contributed by atoms with E-state index in [1.54, 1.807) is 0 Å². The summed E-state index contributed by atoms with van der Waals surface area (Å²) < 4.78 is 0. The van der Waals surface area contributed by atoms with Crippen LogP contribution in [0, 0.1) is 0 Å². The quantitative estimate of drug-likeness (QED) is 0.773. The van der Waals surface area contributed by atoms with Gasteiger partial charge < -0.3 is 0 Å². The number of carbonyl (C=O) groups is 2. The van der Waals surface area contributed by atoms with Crippen molar-refractivity contribution in [1.82, 2.24) is 5.32 Å². The van der Waals surface area contributed by atoms with Crippen LogP contribution in [-0.2, 0) is 22.4 Å². The molecule has 20 heavy (non-hydrogen) atoms. The molecule has 0 saturated heterocycles. The first-order valence-corrected chi connectivity index (χ1v) is 6.64. The fourth-order valence-corrected chi connectivity index (χ4v) is 2.80. The van der Waals surface area contributed by atoms with Gasteiger partial charge in [-0.25, -0.2) is 0 Å². The molecular formula is C17H15NO2. The van der Waals surface area contributed by atoms with E-state index in [4.69, 9.17) is 0 Å². The van der Waals surface area contributed by atoms with Gasteiger partial charge in [0.05, 0.1) is 6.42 Å². The van der Waals surface area contributed by atoms with Crippen molar-refractivity contribution in [3.8, 4) is 11.1 Å². The third kappa shape index (κ3) is 2.23. The Labute approximate surface area is 117 Å². The molecule has 2 amide bonds. The highest BCUT2D eigenvalue weighted by molar-refractivity contribution is 5.95. The second-order valence-corrected chi connectivity index (χ2v) is 5.06. The second-order valence-electron chi connectivity index (χ2n) is 5.06. The van der Waals surface area contributed by atoms with Crippen LogP contribution in [0.5, 0.6) is 0 Å². The molecule has 0 saturated carbocycles. The molecule has 100 valence electrons. The number of imide groups is 1. The largest absolute Gasteiger partial charge is 0.296 e. The van der Waals surface area contributed by atoms with Crippen molar-refractivity contribution in [3.63, 3.8) is 0 Å². The van der Waals surface area contributed by atoms with Gasteiger partial charge in [0.1, 0.15) is 0 Å². The van der Waals surface area contributed by atoms with Crippen LogP contribution >= 0.6 is 0 Å². The lowest BCUT2D eigenvalue weighted by molar-refractivity contribution is -0.128. The van der Waals surface area contributed by atoms with Crippen molar-refractivity contribution < 1.29 is 9.59 Å². The number of nitrogens with one attached hydrogen (secondary N) is 1. The maximum atomic E-state index is 11.8. The highest BCUT2D eigenvalue weighted by Crippen LogP contribution is 2.38. The second kappa shape index (κ2) is 4.93. The van der Waals surface area contributed by atoms with Gasteiger partial charge in [-0.05, 0) is 34.2 Å². The summed E-state index contributed by atoms with van der Waals surface area (Å²) in [5.41, 5.74) is 5.94. The van der Waals surface area contributed by atoms with Crippen LogP contribution in [0.1, 0.15) is 23.6 Å². The van der Waals surface area contributed by atoms with Gasteiger partial charge in [0.15, 0.2) is 0 Å². The smallest absolute Gasteiger partial charge is 0.230 e. The third-order valence-electron chi connectivity index (χ3n) is 3.61. The van der Waals surface area contributed by atoms with Gasteiger partial charge >= 0.3 is 0 Å². The maximum absolute atomic E-state index is 11.8. The van der Waals surface area contributed by atoms with Gasteiger partial charge in [-0.1, -0.05) is 42.5 Å². The molecule has 0 aromatic heterocycles. The Balaban J connectivity index is 1.93. The lowest BCUT2D eigenvalue weighted by Gasteiger charge is -2.08. The molecule has 0 fully saturated rings. The van der Waals surface area contributed by atoms with Crippen molar-refractivity contribution in [1.29, 1.82) is 0 Å². The zero-order valence-electron chi connectivity index (χ0n) is 11.3. The van der Waals surface area contributed by atoms with Crippen LogP contribution in [0.25, 0.3) is 11.1 Å². The number of carbonyl (C=O) groups excluding carboxylic acids is 2.